The molecular weight excluding hydrogens is 685 g/mol. The van der Waals surface area contributed by atoms with Crippen LogP contribution in [0.2, 0.25) is 0 Å². The number of ether oxygens (including phenoxy) is 2. The number of likely N-dealkylation sites (N-methyl/N-ethyl adjacent to an activating group) is 1. The molecule has 0 aliphatic rings. The van der Waals surface area contributed by atoms with E-state index in [2.05, 4.69) is 74.6 Å². The van der Waals surface area contributed by atoms with E-state index >= 15 is 0 Å². The molecule has 0 aromatic heterocycles. The Labute approximate surface area is 326 Å². The maximum Gasteiger partial charge on any atom is 0.306 e. The van der Waals surface area contributed by atoms with Gasteiger partial charge in [-0.1, -0.05) is 132 Å². The Bertz CT molecular complexity index is 1030. The molecule has 0 saturated carbocycles. The summed E-state index contributed by atoms with van der Waals surface area (Å²) in [5.41, 5.74) is 0. The molecule has 0 aromatic rings. The van der Waals surface area contributed by atoms with Gasteiger partial charge < -0.3 is 27.9 Å². The number of carbonyl (C=O) groups is 1. The zero-order valence-electron chi connectivity index (χ0n) is 34.7. The molecule has 0 fully saturated rings. The Kier molecular flexibility index (Phi) is 35.9. The van der Waals surface area contributed by atoms with E-state index < -0.39 is 13.9 Å². The van der Waals surface area contributed by atoms with E-state index in [1.807, 2.05) is 21.1 Å². The molecule has 2 atom stereocenters. The third-order valence-electron chi connectivity index (χ3n) is 8.55. The Balaban J connectivity index is 4.35. The minimum Gasteiger partial charge on any atom is -0.756 e. The summed E-state index contributed by atoms with van der Waals surface area (Å²) < 4.78 is 34.5. The van der Waals surface area contributed by atoms with Crippen molar-refractivity contribution in [3.05, 3.63) is 60.8 Å². The fraction of sp³-hybridized carbons (Fsp3) is 0.750. The molecule has 9 heteroatoms. The van der Waals surface area contributed by atoms with Gasteiger partial charge in [-0.15, -0.1) is 0 Å². The van der Waals surface area contributed by atoms with Crippen LogP contribution < -0.4 is 4.89 Å². The van der Waals surface area contributed by atoms with Crippen LogP contribution in [0, 0.1) is 0 Å². The second-order valence-corrected chi connectivity index (χ2v) is 16.4. The van der Waals surface area contributed by atoms with Crippen LogP contribution in [0.1, 0.15) is 155 Å². The number of carbonyl (C=O) groups excluding carboxylic acids is 1. The third kappa shape index (κ3) is 41.2. The number of allylic oxidation sites excluding steroid dienone is 10. The maximum atomic E-state index is 12.6. The van der Waals surface area contributed by atoms with E-state index in [4.69, 9.17) is 18.5 Å². The minimum atomic E-state index is -4.54. The number of nitrogens with zero attached hydrogens (tertiary/aromatic N) is 1. The molecule has 0 aromatic carbocycles. The molecule has 0 amide bonds. The number of unbranched alkanes of at least 4 members (excludes halogenated alkanes) is 14. The van der Waals surface area contributed by atoms with E-state index in [0.29, 0.717) is 24.1 Å². The van der Waals surface area contributed by atoms with Crippen molar-refractivity contribution >= 4 is 13.8 Å². The molecule has 0 aliphatic carbocycles. The van der Waals surface area contributed by atoms with Gasteiger partial charge in [-0.2, -0.15) is 0 Å². The molecule has 53 heavy (non-hydrogen) atoms. The number of phosphoric acid groups is 1. The average Bonchev–Trinajstić information content (AvgIpc) is 3.11. The summed E-state index contributed by atoms with van der Waals surface area (Å²) in [5, 5.41) is 0. The standard InChI is InChI=1S/C44H80NO7P/c1-6-8-10-12-14-16-18-20-22-24-26-28-30-32-34-36-39-49-41-43(42-51-53(47,48)50-40-38-45(3,4)5)52-44(46)37-35-33-31-29-27-25-23-21-19-17-15-13-11-9-7-2/h9,11,15,17,20-23,27,29,43H,6-8,10,12-14,16,18-19,24-26,28,30-42H2,1-5H3/b11-9-,17-15-,22-20-,23-21-,29-27-. The number of rotatable bonds is 38. The Morgan fingerprint density at radius 3 is 1.66 bits per heavy atom. The highest BCUT2D eigenvalue weighted by molar-refractivity contribution is 7.45. The van der Waals surface area contributed by atoms with Gasteiger partial charge in [0.25, 0.3) is 7.82 Å². The van der Waals surface area contributed by atoms with Crippen LogP contribution in [0.25, 0.3) is 0 Å². The molecule has 0 saturated heterocycles. The highest BCUT2D eigenvalue weighted by atomic mass is 31.2. The first-order valence-corrected chi connectivity index (χ1v) is 22.5. The summed E-state index contributed by atoms with van der Waals surface area (Å²) >= 11 is 0. The quantitative estimate of drug-likeness (QED) is 0.0203. The van der Waals surface area contributed by atoms with E-state index in [9.17, 15) is 14.3 Å². The van der Waals surface area contributed by atoms with Crippen molar-refractivity contribution in [2.45, 2.75) is 161 Å². The predicted molar refractivity (Wildman–Crippen MR) is 222 cm³/mol. The van der Waals surface area contributed by atoms with Gasteiger partial charge in [0, 0.05) is 13.0 Å². The molecule has 0 aliphatic heterocycles. The van der Waals surface area contributed by atoms with Gasteiger partial charge in [0.2, 0.25) is 0 Å². The zero-order chi connectivity index (χ0) is 39.1. The zero-order valence-corrected chi connectivity index (χ0v) is 35.6. The molecular formula is C44H80NO7P. The van der Waals surface area contributed by atoms with Gasteiger partial charge in [0.15, 0.2) is 0 Å². The van der Waals surface area contributed by atoms with Crippen LogP contribution in [0.15, 0.2) is 60.8 Å². The van der Waals surface area contributed by atoms with Crippen LogP contribution in [-0.2, 0) is 27.9 Å². The first-order chi connectivity index (χ1) is 25.6. The van der Waals surface area contributed by atoms with Gasteiger partial charge in [0.05, 0.1) is 34.4 Å². The molecule has 0 heterocycles. The first kappa shape index (κ1) is 51.2. The number of phosphoric ester groups is 1. The van der Waals surface area contributed by atoms with Gasteiger partial charge >= 0.3 is 5.97 Å². The number of hydrogen-bond acceptors (Lipinski definition) is 7. The van der Waals surface area contributed by atoms with E-state index in [-0.39, 0.29) is 32.2 Å². The maximum absolute atomic E-state index is 12.6. The van der Waals surface area contributed by atoms with Gasteiger partial charge in [-0.05, 0) is 77.0 Å². The summed E-state index contributed by atoms with van der Waals surface area (Å²) in [7, 11) is 1.32. The fourth-order valence-corrected chi connectivity index (χ4v) is 6.02. The lowest BCUT2D eigenvalue weighted by Crippen LogP contribution is -2.37. The molecule has 0 bridgehead atoms. The minimum absolute atomic E-state index is 0.0143. The number of quaternary nitrogens is 1. The highest BCUT2D eigenvalue weighted by Crippen LogP contribution is 2.38. The average molecular weight is 766 g/mol. The van der Waals surface area contributed by atoms with E-state index in [1.54, 1.807) is 0 Å². The molecule has 308 valence electrons. The predicted octanol–water partition coefficient (Wildman–Crippen LogP) is 11.5. The van der Waals surface area contributed by atoms with Crippen LogP contribution in [0.4, 0.5) is 0 Å². The van der Waals surface area contributed by atoms with Crippen molar-refractivity contribution in [1.29, 1.82) is 0 Å². The van der Waals surface area contributed by atoms with Crippen molar-refractivity contribution in [1.82, 2.24) is 0 Å². The summed E-state index contributed by atoms with van der Waals surface area (Å²) in [6.07, 6.45) is 45.2. The molecule has 8 nitrogen and oxygen atoms in total. The van der Waals surface area contributed by atoms with Crippen molar-refractivity contribution in [2.24, 2.45) is 0 Å². The largest absolute Gasteiger partial charge is 0.756 e. The third-order valence-corrected chi connectivity index (χ3v) is 9.52. The number of hydrogen-bond donors (Lipinski definition) is 0. The topological polar surface area (TPSA) is 94.1 Å². The Morgan fingerprint density at radius 1 is 0.604 bits per heavy atom. The first-order valence-electron chi connectivity index (χ1n) is 21.0. The van der Waals surface area contributed by atoms with Crippen LogP contribution in [0.5, 0.6) is 0 Å². The smallest absolute Gasteiger partial charge is 0.306 e. The van der Waals surface area contributed by atoms with Crippen molar-refractivity contribution < 1.29 is 37.3 Å². The molecule has 0 rings (SSSR count). The van der Waals surface area contributed by atoms with Crippen LogP contribution in [-0.4, -0.2) is 70.7 Å². The molecule has 0 spiro atoms. The molecule has 2 unspecified atom stereocenters. The lowest BCUT2D eigenvalue weighted by molar-refractivity contribution is -0.870. The lowest BCUT2D eigenvalue weighted by atomic mass is 10.1. The Hall–Kier alpha value is -1.80. The summed E-state index contributed by atoms with van der Waals surface area (Å²) in [4.78, 5) is 25.0. The second-order valence-electron chi connectivity index (χ2n) is 15.0. The van der Waals surface area contributed by atoms with Gasteiger partial charge in [0.1, 0.15) is 19.3 Å². The molecule has 0 radical (unpaired) electrons. The van der Waals surface area contributed by atoms with Crippen LogP contribution >= 0.6 is 7.82 Å². The van der Waals surface area contributed by atoms with Crippen LogP contribution in [0.3, 0.4) is 0 Å². The van der Waals surface area contributed by atoms with E-state index in [0.717, 1.165) is 57.8 Å². The van der Waals surface area contributed by atoms with E-state index in [1.165, 1.54) is 70.6 Å². The lowest BCUT2D eigenvalue weighted by Gasteiger charge is -2.28. The van der Waals surface area contributed by atoms with Crippen molar-refractivity contribution in [3.63, 3.8) is 0 Å². The van der Waals surface area contributed by atoms with Gasteiger partial charge in [-0.3, -0.25) is 9.36 Å². The fourth-order valence-electron chi connectivity index (χ4n) is 5.29. The van der Waals surface area contributed by atoms with Crippen molar-refractivity contribution in [3.8, 4) is 0 Å². The normalized spacial score (nSPS) is 14.5. The van der Waals surface area contributed by atoms with Crippen molar-refractivity contribution in [2.75, 3.05) is 54.1 Å². The van der Waals surface area contributed by atoms with Gasteiger partial charge in [-0.25, -0.2) is 0 Å². The highest BCUT2D eigenvalue weighted by Gasteiger charge is 2.20. The Morgan fingerprint density at radius 2 is 1.09 bits per heavy atom. The summed E-state index contributed by atoms with van der Waals surface area (Å²) in [6, 6.07) is 0. The SMILES string of the molecule is CC/C=C\C/C=C\C/C=C\C/C=C\CCCCC(=O)OC(COCCCCCCCC/C=C\CCCCCCCC)COP(=O)([O-])OCC[N+](C)(C)C. The monoisotopic (exact) mass is 766 g/mol. The molecule has 0 N–H and O–H groups in total. The summed E-state index contributed by atoms with van der Waals surface area (Å²) in [5.74, 6) is -0.378. The summed E-state index contributed by atoms with van der Waals surface area (Å²) in [6.45, 7) is 5.20. The number of esters is 1. The second kappa shape index (κ2) is 37.1.